The predicted octanol–water partition coefficient (Wildman–Crippen LogP) is 1.30. The zero-order chi connectivity index (χ0) is 15.1. The van der Waals surface area contributed by atoms with Gasteiger partial charge in [-0.15, -0.1) is 0 Å². The molecule has 0 aromatic rings. The number of nitrogens with one attached hydrogen (secondary N) is 2. The third kappa shape index (κ3) is 10.4. The highest BCUT2D eigenvalue weighted by Crippen LogP contribution is 2.08. The summed E-state index contributed by atoms with van der Waals surface area (Å²) in [7, 11) is 0. The van der Waals surface area contributed by atoms with Crippen LogP contribution >= 0.6 is 11.8 Å². The highest BCUT2D eigenvalue weighted by atomic mass is 32.2. The molecule has 0 rings (SSSR count). The van der Waals surface area contributed by atoms with Crippen molar-refractivity contribution in [1.82, 2.24) is 10.6 Å². The highest BCUT2D eigenvalue weighted by Gasteiger charge is 2.20. The number of hydrogen-bond acceptors (Lipinski definition) is 5. The molecule has 0 fully saturated rings. The fourth-order valence-corrected chi connectivity index (χ4v) is 1.76. The van der Waals surface area contributed by atoms with Crippen molar-refractivity contribution in [2.45, 2.75) is 46.3 Å². The molecule has 0 aliphatic rings. The van der Waals surface area contributed by atoms with Crippen LogP contribution in [0.15, 0.2) is 0 Å². The fraction of sp³-hybridized carbons (Fsp3) is 0.750. The average Bonchev–Trinajstić information content (AvgIpc) is 2.20. The van der Waals surface area contributed by atoms with E-state index in [2.05, 4.69) is 10.6 Å². The Morgan fingerprint density at radius 3 is 2.32 bits per heavy atom. The number of amides is 2. The summed E-state index contributed by atoms with van der Waals surface area (Å²) in [5, 5.41) is 4.88. The molecular formula is C12H22N2O4S. The van der Waals surface area contributed by atoms with Gasteiger partial charge in [0.05, 0.1) is 6.04 Å². The Bertz CT molecular complexity index is 339. The van der Waals surface area contributed by atoms with Gasteiger partial charge in [0.2, 0.25) is 11.0 Å². The molecular weight excluding hydrogens is 268 g/mol. The fourth-order valence-electron chi connectivity index (χ4n) is 1.05. The summed E-state index contributed by atoms with van der Waals surface area (Å²) in [6.45, 7) is 8.69. The summed E-state index contributed by atoms with van der Waals surface area (Å²) in [5.41, 5.74) is -0.592. The SMILES string of the molecule is CC(=O)NCCSC(=O)[C@@H](C)NC(=O)OC(C)(C)C. The van der Waals surface area contributed by atoms with Crippen molar-refractivity contribution in [2.75, 3.05) is 12.3 Å². The van der Waals surface area contributed by atoms with Crippen LogP contribution in [-0.2, 0) is 14.3 Å². The van der Waals surface area contributed by atoms with E-state index in [1.165, 1.54) is 6.92 Å². The van der Waals surface area contributed by atoms with Gasteiger partial charge in [0.15, 0.2) is 0 Å². The zero-order valence-corrected chi connectivity index (χ0v) is 12.8. The summed E-state index contributed by atoms with van der Waals surface area (Å²) < 4.78 is 5.05. The molecule has 0 aromatic heterocycles. The Kier molecular flexibility index (Phi) is 7.51. The largest absolute Gasteiger partial charge is 0.444 e. The van der Waals surface area contributed by atoms with Crippen molar-refractivity contribution in [3.05, 3.63) is 0 Å². The van der Waals surface area contributed by atoms with Gasteiger partial charge in [-0.25, -0.2) is 4.79 Å². The van der Waals surface area contributed by atoms with Crippen molar-refractivity contribution in [1.29, 1.82) is 0 Å². The van der Waals surface area contributed by atoms with Crippen LogP contribution in [-0.4, -0.2) is 41.1 Å². The topological polar surface area (TPSA) is 84.5 Å². The number of carbonyl (C=O) groups is 3. The standard InChI is InChI=1S/C12H22N2O4S/c1-8(14-11(17)18-12(3,4)5)10(16)19-7-6-13-9(2)15/h8H,6-7H2,1-5H3,(H,13,15)(H,14,17)/t8-/m1/s1. The number of rotatable bonds is 5. The maximum atomic E-state index is 11.7. The van der Waals surface area contributed by atoms with Crippen LogP contribution in [0.1, 0.15) is 34.6 Å². The number of alkyl carbamates (subject to hydrolysis) is 1. The maximum Gasteiger partial charge on any atom is 0.408 e. The number of carbonyl (C=O) groups excluding carboxylic acids is 3. The predicted molar refractivity (Wildman–Crippen MR) is 75.0 cm³/mol. The average molecular weight is 290 g/mol. The normalized spacial score (nSPS) is 12.5. The van der Waals surface area contributed by atoms with Gasteiger partial charge in [-0.1, -0.05) is 11.8 Å². The highest BCUT2D eigenvalue weighted by molar-refractivity contribution is 8.13. The molecule has 6 nitrogen and oxygen atoms in total. The Hall–Kier alpha value is -1.24. The molecule has 0 saturated heterocycles. The second-order valence-corrected chi connectivity index (χ2v) is 6.12. The Morgan fingerprint density at radius 1 is 1.26 bits per heavy atom. The molecule has 110 valence electrons. The van der Waals surface area contributed by atoms with Gasteiger partial charge in [0, 0.05) is 19.2 Å². The summed E-state index contributed by atoms with van der Waals surface area (Å²) in [6.07, 6.45) is -0.615. The van der Waals surface area contributed by atoms with Crippen LogP contribution in [0.25, 0.3) is 0 Å². The van der Waals surface area contributed by atoms with Crippen LogP contribution in [0.3, 0.4) is 0 Å². The third-order valence-electron chi connectivity index (χ3n) is 1.81. The quantitative estimate of drug-likeness (QED) is 0.745. The summed E-state index contributed by atoms with van der Waals surface area (Å²) >= 11 is 1.06. The minimum Gasteiger partial charge on any atom is -0.444 e. The Balaban J connectivity index is 3.93. The van der Waals surface area contributed by atoms with E-state index in [1.807, 2.05) is 0 Å². The molecule has 0 radical (unpaired) electrons. The molecule has 0 heterocycles. The molecule has 19 heavy (non-hydrogen) atoms. The Morgan fingerprint density at radius 2 is 1.84 bits per heavy atom. The second-order valence-electron chi connectivity index (χ2n) is 5.02. The van der Waals surface area contributed by atoms with E-state index in [9.17, 15) is 14.4 Å². The minimum absolute atomic E-state index is 0.132. The molecule has 2 amide bonds. The van der Waals surface area contributed by atoms with E-state index in [0.29, 0.717) is 12.3 Å². The molecule has 0 aromatic carbocycles. The second kappa shape index (κ2) is 8.04. The van der Waals surface area contributed by atoms with Crippen molar-refractivity contribution in [3.63, 3.8) is 0 Å². The molecule has 0 bridgehead atoms. The minimum atomic E-state index is -0.628. The van der Waals surface area contributed by atoms with Crippen molar-refractivity contribution in [3.8, 4) is 0 Å². The monoisotopic (exact) mass is 290 g/mol. The van der Waals surface area contributed by atoms with Crippen LogP contribution < -0.4 is 10.6 Å². The first-order valence-corrected chi connectivity index (χ1v) is 7.01. The summed E-state index contributed by atoms with van der Waals surface area (Å²) in [4.78, 5) is 33.7. The number of hydrogen-bond donors (Lipinski definition) is 2. The number of ether oxygens (including phenoxy) is 1. The Labute approximate surface area is 118 Å². The van der Waals surface area contributed by atoms with Gasteiger partial charge in [0.1, 0.15) is 5.60 Å². The lowest BCUT2D eigenvalue weighted by Gasteiger charge is -2.21. The molecule has 0 saturated carbocycles. The first-order chi connectivity index (χ1) is 8.61. The van der Waals surface area contributed by atoms with Crippen molar-refractivity contribution >= 4 is 28.9 Å². The van der Waals surface area contributed by atoms with Crippen LogP contribution in [0.5, 0.6) is 0 Å². The molecule has 2 N–H and O–H groups in total. The first-order valence-electron chi connectivity index (χ1n) is 6.02. The van der Waals surface area contributed by atoms with E-state index in [0.717, 1.165) is 11.8 Å². The zero-order valence-electron chi connectivity index (χ0n) is 12.0. The van der Waals surface area contributed by atoms with E-state index < -0.39 is 17.7 Å². The van der Waals surface area contributed by atoms with E-state index in [-0.39, 0.29) is 11.0 Å². The van der Waals surface area contributed by atoms with Gasteiger partial charge in [0.25, 0.3) is 0 Å². The van der Waals surface area contributed by atoms with Gasteiger partial charge < -0.3 is 15.4 Å². The van der Waals surface area contributed by atoms with Crippen LogP contribution in [0.4, 0.5) is 4.79 Å². The molecule has 0 unspecified atom stereocenters. The lowest BCUT2D eigenvalue weighted by Crippen LogP contribution is -2.41. The summed E-state index contributed by atoms with van der Waals surface area (Å²) in [6, 6.07) is -0.628. The molecule has 7 heteroatoms. The smallest absolute Gasteiger partial charge is 0.408 e. The summed E-state index contributed by atoms with van der Waals surface area (Å²) in [5.74, 6) is 0.339. The van der Waals surface area contributed by atoms with Crippen LogP contribution in [0.2, 0.25) is 0 Å². The van der Waals surface area contributed by atoms with Gasteiger partial charge >= 0.3 is 6.09 Å². The van der Waals surface area contributed by atoms with E-state index in [4.69, 9.17) is 4.74 Å². The van der Waals surface area contributed by atoms with Gasteiger partial charge in [-0.05, 0) is 27.7 Å². The number of thioether (sulfide) groups is 1. The van der Waals surface area contributed by atoms with Crippen LogP contribution in [0, 0.1) is 0 Å². The van der Waals surface area contributed by atoms with Gasteiger partial charge in [-0.3, -0.25) is 9.59 Å². The lowest BCUT2D eigenvalue weighted by atomic mass is 10.2. The van der Waals surface area contributed by atoms with Crippen molar-refractivity contribution in [2.24, 2.45) is 0 Å². The lowest BCUT2D eigenvalue weighted by molar-refractivity contribution is -0.119. The third-order valence-corrected chi connectivity index (χ3v) is 2.85. The van der Waals surface area contributed by atoms with Crippen molar-refractivity contribution < 1.29 is 19.1 Å². The van der Waals surface area contributed by atoms with E-state index in [1.54, 1.807) is 27.7 Å². The molecule has 1 atom stereocenters. The van der Waals surface area contributed by atoms with Gasteiger partial charge in [-0.2, -0.15) is 0 Å². The molecule has 0 aliphatic heterocycles. The van der Waals surface area contributed by atoms with E-state index >= 15 is 0 Å². The molecule has 0 aliphatic carbocycles. The first kappa shape index (κ1) is 17.8. The maximum absolute atomic E-state index is 11.7. The molecule has 0 spiro atoms.